The molecule has 2 aliphatic rings. The number of primary amides is 1. The minimum atomic E-state index is -5.12. The van der Waals surface area contributed by atoms with Gasteiger partial charge in [0.25, 0.3) is 0 Å². The second-order valence-electron chi connectivity index (χ2n) is 4.30. The van der Waals surface area contributed by atoms with Crippen LogP contribution in [0.25, 0.3) is 0 Å². The molecule has 12 heteroatoms. The molecule has 1 saturated heterocycles. The van der Waals surface area contributed by atoms with Gasteiger partial charge in [-0.05, 0) is 6.07 Å². The van der Waals surface area contributed by atoms with E-state index < -0.39 is 34.4 Å². The van der Waals surface area contributed by atoms with Crippen LogP contribution in [0.2, 0.25) is 0 Å². The molecule has 0 aromatic carbocycles. The summed E-state index contributed by atoms with van der Waals surface area (Å²) in [5, 5.41) is 0.416. The van der Waals surface area contributed by atoms with Crippen molar-refractivity contribution in [2.45, 2.75) is 12.1 Å². The normalized spacial score (nSPS) is 23.8. The van der Waals surface area contributed by atoms with Gasteiger partial charge in [-0.3, -0.25) is 4.79 Å². The molecule has 1 fully saturated rings. The number of furan rings is 1. The maximum absolute atomic E-state index is 12.0. The van der Waals surface area contributed by atoms with E-state index in [1.54, 1.807) is 0 Å². The second-order valence-corrected chi connectivity index (χ2v) is 5.27. The molecular formula is C9H8N3NaO7S. The van der Waals surface area contributed by atoms with Crippen LogP contribution in [0.4, 0.5) is 4.79 Å². The van der Waals surface area contributed by atoms with Gasteiger partial charge < -0.3 is 19.6 Å². The fourth-order valence-electron chi connectivity index (χ4n) is 2.47. The van der Waals surface area contributed by atoms with E-state index in [0.717, 1.165) is 4.90 Å². The number of carbonyl (C=O) groups is 2. The Balaban J connectivity index is 0.00000161. The molecular weight excluding hydrogens is 317 g/mol. The average Bonchev–Trinajstić information content (AvgIpc) is 2.88. The van der Waals surface area contributed by atoms with Gasteiger partial charge in [0, 0.05) is 5.56 Å². The van der Waals surface area contributed by atoms with Crippen LogP contribution in [0.1, 0.15) is 23.4 Å². The summed E-state index contributed by atoms with van der Waals surface area (Å²) in [4.78, 5) is 24.5. The Morgan fingerprint density at radius 2 is 2.19 bits per heavy atom. The number of carbonyl (C=O) groups excluding carboxylic acids is 2. The van der Waals surface area contributed by atoms with Crippen molar-refractivity contribution >= 4 is 22.3 Å². The molecule has 0 saturated carbocycles. The number of rotatable bonds is 3. The third-order valence-corrected chi connectivity index (χ3v) is 3.52. The molecule has 1 aromatic heterocycles. The summed E-state index contributed by atoms with van der Waals surface area (Å²) in [6.45, 7) is -0.0332. The van der Waals surface area contributed by atoms with Crippen LogP contribution in [0.5, 0.6) is 0 Å². The van der Waals surface area contributed by atoms with Crippen molar-refractivity contribution in [3.63, 3.8) is 0 Å². The summed E-state index contributed by atoms with van der Waals surface area (Å²) in [5.74, 6) is -0.698. The minimum absolute atomic E-state index is 0. The number of nitrogens with two attached hydrogens (primary N) is 1. The maximum Gasteiger partial charge on any atom is 1.00 e. The molecule has 0 spiro atoms. The predicted molar refractivity (Wildman–Crippen MR) is 58.1 cm³/mol. The summed E-state index contributed by atoms with van der Waals surface area (Å²) >= 11 is 0. The molecule has 0 radical (unpaired) electrons. The minimum Gasteiger partial charge on any atom is -0.724 e. The van der Waals surface area contributed by atoms with Crippen molar-refractivity contribution in [1.82, 2.24) is 9.96 Å². The summed E-state index contributed by atoms with van der Waals surface area (Å²) in [6, 6.07) is -1.49. The molecule has 2 N–H and O–H groups in total. The molecule has 2 aliphatic heterocycles. The number of fused-ring (bicyclic) bond motifs is 4. The fourth-order valence-corrected chi connectivity index (χ4v) is 2.84. The van der Waals surface area contributed by atoms with E-state index >= 15 is 0 Å². The Morgan fingerprint density at radius 1 is 1.52 bits per heavy atom. The van der Waals surface area contributed by atoms with E-state index in [9.17, 15) is 22.6 Å². The van der Waals surface area contributed by atoms with Crippen molar-refractivity contribution < 1.29 is 60.8 Å². The summed E-state index contributed by atoms with van der Waals surface area (Å²) < 4.78 is 41.3. The molecule has 0 unspecified atom stereocenters. The first-order valence-electron chi connectivity index (χ1n) is 5.41. The van der Waals surface area contributed by atoms with E-state index in [1.165, 1.54) is 12.3 Å². The molecule has 10 nitrogen and oxygen atoms in total. The van der Waals surface area contributed by atoms with Crippen LogP contribution < -0.4 is 35.3 Å². The molecule has 108 valence electrons. The summed E-state index contributed by atoms with van der Waals surface area (Å²) in [5.41, 5.74) is 5.60. The van der Waals surface area contributed by atoms with Crippen molar-refractivity contribution in [2.75, 3.05) is 6.54 Å². The van der Waals surface area contributed by atoms with Crippen molar-refractivity contribution in [3.8, 4) is 0 Å². The number of urea groups is 1. The van der Waals surface area contributed by atoms with Crippen molar-refractivity contribution in [2.24, 2.45) is 5.73 Å². The van der Waals surface area contributed by atoms with Gasteiger partial charge in [-0.25, -0.2) is 13.2 Å². The van der Waals surface area contributed by atoms with Crippen LogP contribution in [-0.2, 0) is 19.5 Å². The number of nitrogens with zero attached hydrogens (tertiary/aromatic N) is 2. The second kappa shape index (κ2) is 5.26. The predicted octanol–water partition coefficient (Wildman–Crippen LogP) is -4.01. The van der Waals surface area contributed by atoms with Gasteiger partial charge >= 0.3 is 35.6 Å². The number of hydrogen-bond acceptors (Lipinski definition) is 7. The molecule has 3 rings (SSSR count). The zero-order valence-electron chi connectivity index (χ0n) is 10.8. The third-order valence-electron chi connectivity index (χ3n) is 3.17. The van der Waals surface area contributed by atoms with Gasteiger partial charge in [0.05, 0.1) is 12.8 Å². The Morgan fingerprint density at radius 3 is 2.76 bits per heavy atom. The maximum atomic E-state index is 12.0. The van der Waals surface area contributed by atoms with E-state index in [2.05, 4.69) is 4.28 Å². The first-order chi connectivity index (χ1) is 9.29. The Kier molecular flexibility index (Phi) is 4.08. The van der Waals surface area contributed by atoms with Crippen molar-refractivity contribution in [1.29, 1.82) is 0 Å². The van der Waals surface area contributed by atoms with Crippen LogP contribution in [-0.4, -0.2) is 41.4 Å². The van der Waals surface area contributed by atoms with Gasteiger partial charge in [0.1, 0.15) is 11.8 Å². The Labute approximate surface area is 141 Å². The van der Waals surface area contributed by atoms with Crippen LogP contribution in [0, 0.1) is 0 Å². The third kappa shape index (κ3) is 2.56. The first kappa shape index (κ1) is 16.3. The van der Waals surface area contributed by atoms with Gasteiger partial charge in [-0.1, -0.05) is 0 Å². The van der Waals surface area contributed by atoms with Crippen molar-refractivity contribution in [3.05, 3.63) is 23.7 Å². The van der Waals surface area contributed by atoms with Crippen LogP contribution >= 0.6 is 0 Å². The molecule has 21 heavy (non-hydrogen) atoms. The molecule has 3 heterocycles. The zero-order valence-corrected chi connectivity index (χ0v) is 13.6. The monoisotopic (exact) mass is 325 g/mol. The van der Waals surface area contributed by atoms with Crippen LogP contribution in [0.3, 0.4) is 0 Å². The Hall–Kier alpha value is -1.11. The molecule has 2 atom stereocenters. The quantitative estimate of drug-likeness (QED) is 0.338. The van der Waals surface area contributed by atoms with Gasteiger partial charge in [-0.15, -0.1) is 0 Å². The zero-order chi connectivity index (χ0) is 14.7. The molecule has 2 bridgehead atoms. The van der Waals surface area contributed by atoms with E-state index in [0.29, 0.717) is 10.6 Å². The number of hydrogen-bond donors (Lipinski definition) is 1. The van der Waals surface area contributed by atoms with Gasteiger partial charge in [0.15, 0.2) is 6.04 Å². The van der Waals surface area contributed by atoms with E-state index in [-0.39, 0.29) is 41.9 Å². The molecule has 0 aliphatic carbocycles. The van der Waals surface area contributed by atoms with Gasteiger partial charge in [-0.2, -0.15) is 9.35 Å². The Bertz CT molecular complexity index is 702. The molecule has 3 amide bonds. The first-order valence-corrected chi connectivity index (χ1v) is 6.75. The average molecular weight is 325 g/mol. The topological polar surface area (TPSA) is 146 Å². The largest absolute Gasteiger partial charge is 1.00 e. The summed E-state index contributed by atoms with van der Waals surface area (Å²) in [6.07, 6.45) is 1.27. The summed E-state index contributed by atoms with van der Waals surface area (Å²) in [7, 11) is -5.12. The standard InChI is InChI=1S/C9H9N3O7S.Na/c10-8(13)6-7-4(1-2-18-7)5-3-11(6)9(14)12(5)19-20(15,16)17;/h1-2,5-6H,3H2,(H2,10,13)(H,15,16,17);/q;+1/p-1/t5-,6+;/m1./s1. The molecule has 1 aromatic rings. The van der Waals surface area contributed by atoms with Gasteiger partial charge in [0.2, 0.25) is 16.3 Å². The van der Waals surface area contributed by atoms with Crippen LogP contribution in [0.15, 0.2) is 16.7 Å². The number of amides is 3. The SMILES string of the molecule is NC(=O)[C@@H]1c2occc2[C@H]2CN1C(=O)N2OS(=O)(=O)[O-].[Na+]. The van der Waals surface area contributed by atoms with E-state index in [1.807, 2.05) is 0 Å². The fraction of sp³-hybridized carbons (Fsp3) is 0.333. The van der Waals surface area contributed by atoms with E-state index in [4.69, 9.17) is 10.2 Å². The smallest absolute Gasteiger partial charge is 0.724 e. The number of hydroxylamine groups is 2.